The van der Waals surface area contributed by atoms with E-state index in [-0.39, 0.29) is 12.6 Å². The van der Waals surface area contributed by atoms with Crippen molar-refractivity contribution in [2.45, 2.75) is 56.5 Å². The van der Waals surface area contributed by atoms with Gasteiger partial charge in [0.15, 0.2) is 0 Å². The largest absolute Gasteiger partial charge is 0.395 e. The van der Waals surface area contributed by atoms with Gasteiger partial charge in [-0.1, -0.05) is 11.3 Å². The van der Waals surface area contributed by atoms with Gasteiger partial charge in [0.25, 0.3) is 0 Å². The first-order chi connectivity index (χ1) is 10.2. The first-order valence-electron chi connectivity index (χ1n) is 7.51. The van der Waals surface area contributed by atoms with Crippen molar-refractivity contribution in [3.05, 3.63) is 18.0 Å². The Kier molecular flexibility index (Phi) is 4.34. The highest BCUT2D eigenvalue weighted by Gasteiger charge is 2.40. The number of hydrogen-bond acceptors (Lipinski definition) is 6. The highest BCUT2D eigenvalue weighted by atomic mass is 16.3. The van der Waals surface area contributed by atoms with E-state index in [1.54, 1.807) is 4.68 Å². The fourth-order valence-corrected chi connectivity index (χ4v) is 3.08. The third-order valence-corrected chi connectivity index (χ3v) is 4.34. The van der Waals surface area contributed by atoms with Gasteiger partial charge in [0.1, 0.15) is 5.69 Å². The zero-order chi connectivity index (χ0) is 14.8. The maximum atomic E-state index is 9.98. The van der Waals surface area contributed by atoms with Gasteiger partial charge in [0.2, 0.25) is 0 Å². The fourth-order valence-electron chi connectivity index (χ4n) is 3.08. The molecule has 4 atom stereocenters. The molecule has 3 rings (SSSR count). The first-order valence-corrected chi connectivity index (χ1v) is 7.51. The summed E-state index contributed by atoms with van der Waals surface area (Å²) < 4.78 is 1.68. The molecule has 7 heteroatoms. The number of allylic oxidation sites excluding steroid dienone is 2. The Labute approximate surface area is 123 Å². The summed E-state index contributed by atoms with van der Waals surface area (Å²) in [6, 6.07) is -0.832. The van der Waals surface area contributed by atoms with Gasteiger partial charge in [-0.2, -0.15) is 0 Å². The summed E-state index contributed by atoms with van der Waals surface area (Å²) in [5.74, 6) is 0. The molecule has 1 aromatic rings. The predicted molar refractivity (Wildman–Crippen MR) is 76.3 cm³/mol. The minimum atomic E-state index is -0.955. The van der Waals surface area contributed by atoms with E-state index in [2.05, 4.69) is 21.7 Å². The number of hydrogen-bond donors (Lipinski definition) is 4. The van der Waals surface area contributed by atoms with Crippen LogP contribution >= 0.6 is 0 Å². The van der Waals surface area contributed by atoms with Gasteiger partial charge in [0, 0.05) is 0 Å². The van der Waals surface area contributed by atoms with Crippen LogP contribution in [0.3, 0.4) is 0 Å². The molecule has 7 nitrogen and oxygen atoms in total. The van der Waals surface area contributed by atoms with Gasteiger partial charge in [0.05, 0.1) is 43.6 Å². The van der Waals surface area contributed by atoms with Crippen LogP contribution in [0.5, 0.6) is 0 Å². The molecule has 2 aliphatic rings. The molecule has 0 saturated carbocycles. The summed E-state index contributed by atoms with van der Waals surface area (Å²) in [6.45, 7) is 0.208. The van der Waals surface area contributed by atoms with Crippen LogP contribution in [0, 0.1) is 0 Å². The molecule has 1 aliphatic carbocycles. The Bertz CT molecular complexity index is 516. The third kappa shape index (κ3) is 3.01. The van der Waals surface area contributed by atoms with Gasteiger partial charge >= 0.3 is 0 Å². The van der Waals surface area contributed by atoms with Crippen molar-refractivity contribution in [1.82, 2.24) is 20.3 Å². The molecule has 1 aliphatic heterocycles. The molecule has 116 valence electrons. The Morgan fingerprint density at radius 2 is 2.05 bits per heavy atom. The van der Waals surface area contributed by atoms with Crippen molar-refractivity contribution < 1.29 is 15.3 Å². The van der Waals surface area contributed by atoms with Crippen LogP contribution in [0.25, 0.3) is 5.57 Å². The molecule has 0 unspecified atom stereocenters. The van der Waals surface area contributed by atoms with Crippen LogP contribution in [0.4, 0.5) is 0 Å². The van der Waals surface area contributed by atoms with Gasteiger partial charge in [-0.3, -0.25) is 4.68 Å². The van der Waals surface area contributed by atoms with Crippen LogP contribution in [-0.4, -0.2) is 61.2 Å². The molecular weight excluding hydrogens is 272 g/mol. The Balaban J connectivity index is 1.66. The van der Waals surface area contributed by atoms with E-state index in [0.717, 1.165) is 18.5 Å². The van der Waals surface area contributed by atoms with E-state index >= 15 is 0 Å². The molecule has 0 amide bonds. The van der Waals surface area contributed by atoms with E-state index in [4.69, 9.17) is 5.11 Å². The van der Waals surface area contributed by atoms with Crippen LogP contribution in [0.2, 0.25) is 0 Å². The molecule has 0 aromatic carbocycles. The lowest BCUT2D eigenvalue weighted by atomic mass is 9.98. The second-order valence-corrected chi connectivity index (χ2v) is 5.84. The fraction of sp³-hybridized carbons (Fsp3) is 0.714. The van der Waals surface area contributed by atoms with Gasteiger partial charge in [-0.05, 0) is 31.3 Å². The average molecular weight is 294 g/mol. The summed E-state index contributed by atoms with van der Waals surface area (Å²) >= 11 is 0. The Morgan fingerprint density at radius 3 is 2.71 bits per heavy atom. The van der Waals surface area contributed by atoms with Crippen molar-refractivity contribution in [1.29, 1.82) is 0 Å². The quantitative estimate of drug-likeness (QED) is 0.585. The number of aliphatic hydroxyl groups excluding tert-OH is 3. The van der Waals surface area contributed by atoms with Crippen molar-refractivity contribution >= 4 is 5.57 Å². The molecule has 0 spiro atoms. The molecule has 1 fully saturated rings. The van der Waals surface area contributed by atoms with Crippen molar-refractivity contribution in [2.75, 3.05) is 6.61 Å². The van der Waals surface area contributed by atoms with Crippen molar-refractivity contribution in [3.8, 4) is 0 Å². The second kappa shape index (κ2) is 6.23. The monoisotopic (exact) mass is 294 g/mol. The minimum Gasteiger partial charge on any atom is -0.395 e. The summed E-state index contributed by atoms with van der Waals surface area (Å²) in [5, 5.41) is 40.2. The maximum Gasteiger partial charge on any atom is 0.108 e. The lowest BCUT2D eigenvalue weighted by Gasteiger charge is -2.15. The first kappa shape index (κ1) is 14.6. The van der Waals surface area contributed by atoms with Crippen LogP contribution in [0.15, 0.2) is 12.3 Å². The average Bonchev–Trinajstić information content (AvgIpc) is 3.09. The highest BCUT2D eigenvalue weighted by molar-refractivity contribution is 5.62. The van der Waals surface area contributed by atoms with Gasteiger partial charge in [-0.15, -0.1) is 5.10 Å². The van der Waals surface area contributed by atoms with E-state index in [1.165, 1.54) is 18.4 Å². The van der Waals surface area contributed by atoms with Crippen LogP contribution in [-0.2, 0) is 6.54 Å². The lowest BCUT2D eigenvalue weighted by Crippen LogP contribution is -2.38. The van der Waals surface area contributed by atoms with Gasteiger partial charge in [-0.25, -0.2) is 0 Å². The van der Waals surface area contributed by atoms with E-state index in [9.17, 15) is 10.2 Å². The number of rotatable bonds is 4. The smallest absolute Gasteiger partial charge is 0.108 e. The molecule has 1 aromatic heterocycles. The molecular formula is C14H22N4O3. The van der Waals surface area contributed by atoms with Crippen LogP contribution in [0.1, 0.15) is 31.4 Å². The third-order valence-electron chi connectivity index (χ3n) is 4.34. The zero-order valence-electron chi connectivity index (χ0n) is 11.9. The van der Waals surface area contributed by atoms with E-state index < -0.39 is 18.2 Å². The standard InChI is InChI=1S/C14H22N4O3/c19-8-12-14(21)13(20)11(15-12)7-18-6-10(16-17-18)9-4-2-1-3-5-9/h4,6,11-15,19-21H,1-3,5,7-8H2/t11-,12-,13-,14-/m1/s1. The maximum absolute atomic E-state index is 9.98. The summed E-state index contributed by atoms with van der Waals surface area (Å²) in [5.41, 5.74) is 2.13. The predicted octanol–water partition coefficient (Wildman–Crippen LogP) is -0.710. The highest BCUT2D eigenvalue weighted by Crippen LogP contribution is 2.25. The number of nitrogens with one attached hydrogen (secondary N) is 1. The second-order valence-electron chi connectivity index (χ2n) is 5.84. The Morgan fingerprint density at radius 1 is 1.24 bits per heavy atom. The topological polar surface area (TPSA) is 103 Å². The molecule has 0 bridgehead atoms. The Hall–Kier alpha value is -1.28. The summed E-state index contributed by atoms with van der Waals surface area (Å²) in [6.07, 6.45) is 6.77. The zero-order valence-corrected chi connectivity index (χ0v) is 11.9. The van der Waals surface area contributed by atoms with Gasteiger partial charge < -0.3 is 20.6 Å². The summed E-state index contributed by atoms with van der Waals surface area (Å²) in [7, 11) is 0. The normalized spacial score (nSPS) is 33.2. The van der Waals surface area contributed by atoms with E-state index in [1.807, 2.05) is 6.20 Å². The van der Waals surface area contributed by atoms with Crippen molar-refractivity contribution in [2.24, 2.45) is 0 Å². The molecule has 4 N–H and O–H groups in total. The molecule has 1 saturated heterocycles. The molecule has 2 heterocycles. The minimum absolute atomic E-state index is 0.204. The van der Waals surface area contributed by atoms with Crippen molar-refractivity contribution in [3.63, 3.8) is 0 Å². The van der Waals surface area contributed by atoms with E-state index in [0.29, 0.717) is 6.54 Å². The van der Waals surface area contributed by atoms with Crippen LogP contribution < -0.4 is 5.32 Å². The lowest BCUT2D eigenvalue weighted by molar-refractivity contribution is 0.0175. The number of aromatic nitrogens is 3. The molecule has 21 heavy (non-hydrogen) atoms. The SMILES string of the molecule is OC[C@H]1N[C@H](Cn2cc(C3=CCCCC3)nn2)[C@@H](O)[C@@H]1O. The number of nitrogens with zero attached hydrogens (tertiary/aromatic N) is 3. The summed E-state index contributed by atoms with van der Waals surface area (Å²) in [4.78, 5) is 0. The molecule has 0 radical (unpaired) electrons. The number of aliphatic hydroxyl groups is 3.